The Hall–Kier alpha value is -0.470. The summed E-state index contributed by atoms with van der Waals surface area (Å²) in [4.78, 5) is 0. The van der Waals surface area contributed by atoms with Gasteiger partial charge in [0.1, 0.15) is 0 Å². The minimum atomic E-state index is 0.471. The molecule has 0 saturated carbocycles. The number of aryl methyl sites for hydroxylation is 1. The summed E-state index contributed by atoms with van der Waals surface area (Å²) in [6.45, 7) is 6.67. The summed E-state index contributed by atoms with van der Waals surface area (Å²) in [7, 11) is 2.04. The molecule has 1 aromatic rings. The van der Waals surface area contributed by atoms with Gasteiger partial charge in [0.15, 0.2) is 0 Å². The molecule has 0 fully saturated rings. The largest absolute Gasteiger partial charge is 0.312 e. The maximum atomic E-state index is 3.39. The first-order valence-corrected chi connectivity index (χ1v) is 6.54. The summed E-state index contributed by atoms with van der Waals surface area (Å²) >= 11 is 2.00. The summed E-state index contributed by atoms with van der Waals surface area (Å²) in [5, 5.41) is 4.09. The Kier molecular flexibility index (Phi) is 5.20. The highest BCUT2D eigenvalue weighted by atomic mass is 32.2. The molecule has 1 rings (SSSR count). The van der Waals surface area contributed by atoms with E-state index < -0.39 is 0 Å². The van der Waals surface area contributed by atoms with E-state index in [1.807, 2.05) is 18.8 Å². The van der Waals surface area contributed by atoms with Gasteiger partial charge in [0.05, 0.1) is 0 Å². The van der Waals surface area contributed by atoms with Crippen molar-refractivity contribution in [2.75, 3.05) is 12.8 Å². The third-order valence-electron chi connectivity index (χ3n) is 2.51. The molecular weight excluding hydrogens is 202 g/mol. The Labute approximate surface area is 97.7 Å². The van der Waals surface area contributed by atoms with Gasteiger partial charge in [-0.05, 0) is 30.3 Å². The third kappa shape index (κ3) is 3.88. The van der Waals surface area contributed by atoms with E-state index in [1.165, 1.54) is 11.1 Å². The first-order chi connectivity index (χ1) is 7.15. The van der Waals surface area contributed by atoms with Crippen LogP contribution in [0.25, 0.3) is 0 Å². The highest BCUT2D eigenvalue weighted by molar-refractivity contribution is 7.99. The number of nitrogens with one attached hydrogen (secondary N) is 1. The number of hydrogen-bond donors (Lipinski definition) is 1. The second kappa shape index (κ2) is 6.19. The zero-order valence-corrected chi connectivity index (χ0v) is 10.9. The smallest absolute Gasteiger partial charge is 0.0412 e. The van der Waals surface area contributed by atoms with Crippen molar-refractivity contribution in [2.45, 2.75) is 32.1 Å². The Balaban J connectivity index is 2.70. The molecule has 1 N–H and O–H groups in total. The van der Waals surface area contributed by atoms with E-state index in [9.17, 15) is 0 Å². The predicted molar refractivity (Wildman–Crippen MR) is 70.6 cm³/mol. The zero-order chi connectivity index (χ0) is 11.3. The third-order valence-corrected chi connectivity index (χ3v) is 3.70. The molecule has 0 radical (unpaired) electrons. The van der Waals surface area contributed by atoms with Crippen LogP contribution in [0.5, 0.6) is 0 Å². The molecule has 2 heteroatoms. The average Bonchev–Trinajstić information content (AvgIpc) is 2.21. The van der Waals surface area contributed by atoms with Gasteiger partial charge in [0.25, 0.3) is 0 Å². The summed E-state index contributed by atoms with van der Waals surface area (Å²) < 4.78 is 0. The van der Waals surface area contributed by atoms with Crippen LogP contribution in [0.4, 0.5) is 0 Å². The van der Waals surface area contributed by atoms with E-state index in [0.717, 1.165) is 5.75 Å². The maximum absolute atomic E-state index is 3.39. The molecule has 84 valence electrons. The Morgan fingerprint density at radius 2 is 1.93 bits per heavy atom. The van der Waals surface area contributed by atoms with E-state index in [2.05, 4.69) is 50.4 Å². The van der Waals surface area contributed by atoms with E-state index in [-0.39, 0.29) is 0 Å². The van der Waals surface area contributed by atoms with Crippen molar-refractivity contribution in [3.05, 3.63) is 35.4 Å². The highest BCUT2D eigenvalue weighted by Gasteiger charge is 2.11. The molecule has 1 unspecified atom stereocenters. The molecule has 0 aliphatic rings. The van der Waals surface area contributed by atoms with Gasteiger partial charge in [-0.3, -0.25) is 0 Å². The SMILES string of the molecule is CNC(CSC(C)C)c1ccccc1C. The second-order valence-electron chi connectivity index (χ2n) is 4.08. The van der Waals surface area contributed by atoms with Crippen LogP contribution in [0, 0.1) is 6.92 Å². The van der Waals surface area contributed by atoms with Crippen molar-refractivity contribution in [1.29, 1.82) is 0 Å². The Bertz CT molecular complexity index is 296. The van der Waals surface area contributed by atoms with Gasteiger partial charge in [-0.25, -0.2) is 0 Å². The van der Waals surface area contributed by atoms with Gasteiger partial charge in [0.2, 0.25) is 0 Å². The quantitative estimate of drug-likeness (QED) is 0.821. The van der Waals surface area contributed by atoms with Crippen molar-refractivity contribution in [2.24, 2.45) is 0 Å². The molecule has 0 aliphatic heterocycles. The van der Waals surface area contributed by atoms with Gasteiger partial charge in [-0.2, -0.15) is 11.8 Å². The summed E-state index contributed by atoms with van der Waals surface area (Å²) in [5.74, 6) is 1.14. The summed E-state index contributed by atoms with van der Waals surface area (Å²) in [6, 6.07) is 9.09. The van der Waals surface area contributed by atoms with E-state index in [4.69, 9.17) is 0 Å². The van der Waals surface area contributed by atoms with Crippen molar-refractivity contribution >= 4 is 11.8 Å². The summed E-state index contributed by atoms with van der Waals surface area (Å²) in [5.41, 5.74) is 2.80. The molecule has 0 aromatic heterocycles. The first kappa shape index (κ1) is 12.6. The molecule has 1 aromatic carbocycles. The van der Waals surface area contributed by atoms with Crippen molar-refractivity contribution in [3.8, 4) is 0 Å². The Morgan fingerprint density at radius 3 is 2.47 bits per heavy atom. The fourth-order valence-corrected chi connectivity index (χ4v) is 2.52. The molecule has 1 atom stereocenters. The van der Waals surface area contributed by atoms with E-state index in [0.29, 0.717) is 11.3 Å². The lowest BCUT2D eigenvalue weighted by atomic mass is 10.0. The van der Waals surface area contributed by atoms with Gasteiger partial charge in [0, 0.05) is 11.8 Å². The van der Waals surface area contributed by atoms with Gasteiger partial charge in [-0.15, -0.1) is 0 Å². The van der Waals surface area contributed by atoms with Crippen LogP contribution in [0.1, 0.15) is 31.0 Å². The van der Waals surface area contributed by atoms with Crippen LogP contribution in [-0.2, 0) is 0 Å². The van der Waals surface area contributed by atoms with Crippen LogP contribution >= 0.6 is 11.8 Å². The molecule has 0 aliphatic carbocycles. The van der Waals surface area contributed by atoms with E-state index in [1.54, 1.807) is 0 Å². The lowest BCUT2D eigenvalue weighted by Crippen LogP contribution is -2.20. The van der Waals surface area contributed by atoms with Crippen LogP contribution in [0.15, 0.2) is 24.3 Å². The van der Waals surface area contributed by atoms with Gasteiger partial charge >= 0.3 is 0 Å². The second-order valence-corrected chi connectivity index (χ2v) is 5.69. The number of rotatable bonds is 5. The molecule has 0 bridgehead atoms. The molecule has 0 saturated heterocycles. The topological polar surface area (TPSA) is 12.0 Å². The van der Waals surface area contributed by atoms with Crippen LogP contribution in [0.2, 0.25) is 0 Å². The average molecular weight is 223 g/mol. The van der Waals surface area contributed by atoms with Crippen LogP contribution in [-0.4, -0.2) is 18.1 Å². The van der Waals surface area contributed by atoms with Crippen molar-refractivity contribution in [1.82, 2.24) is 5.32 Å². The maximum Gasteiger partial charge on any atom is 0.0412 e. The fraction of sp³-hybridized carbons (Fsp3) is 0.538. The van der Waals surface area contributed by atoms with Crippen molar-refractivity contribution < 1.29 is 0 Å². The molecule has 0 heterocycles. The highest BCUT2D eigenvalue weighted by Crippen LogP contribution is 2.23. The first-order valence-electron chi connectivity index (χ1n) is 5.49. The molecule has 1 nitrogen and oxygen atoms in total. The van der Waals surface area contributed by atoms with Crippen LogP contribution in [0.3, 0.4) is 0 Å². The number of hydrogen-bond acceptors (Lipinski definition) is 2. The lowest BCUT2D eigenvalue weighted by Gasteiger charge is -2.19. The van der Waals surface area contributed by atoms with E-state index >= 15 is 0 Å². The van der Waals surface area contributed by atoms with Gasteiger partial charge in [-0.1, -0.05) is 38.1 Å². The molecule has 15 heavy (non-hydrogen) atoms. The fourth-order valence-electron chi connectivity index (χ4n) is 1.60. The molecule has 0 amide bonds. The van der Waals surface area contributed by atoms with Gasteiger partial charge < -0.3 is 5.32 Å². The molecular formula is C13H21NS. The molecule has 0 spiro atoms. The zero-order valence-electron chi connectivity index (χ0n) is 10.1. The predicted octanol–water partition coefficient (Wildman–Crippen LogP) is 3.40. The van der Waals surface area contributed by atoms with Crippen LogP contribution < -0.4 is 5.32 Å². The minimum Gasteiger partial charge on any atom is -0.312 e. The standard InChI is InChI=1S/C13H21NS/c1-10(2)15-9-13(14-4)12-8-6-5-7-11(12)3/h5-8,10,13-14H,9H2,1-4H3. The lowest BCUT2D eigenvalue weighted by molar-refractivity contribution is 0.657. The Morgan fingerprint density at radius 1 is 1.27 bits per heavy atom. The number of benzene rings is 1. The van der Waals surface area contributed by atoms with Crippen molar-refractivity contribution in [3.63, 3.8) is 0 Å². The minimum absolute atomic E-state index is 0.471. The monoisotopic (exact) mass is 223 g/mol. The number of thioether (sulfide) groups is 1. The summed E-state index contributed by atoms with van der Waals surface area (Å²) in [6.07, 6.45) is 0. The normalized spacial score (nSPS) is 13.1.